The third-order valence-electron chi connectivity index (χ3n) is 1.58. The lowest BCUT2D eigenvalue weighted by atomic mass is 10.4. The number of hydrogen-bond acceptors (Lipinski definition) is 2. The minimum absolute atomic E-state index is 0.421. The Kier molecular flexibility index (Phi) is 3.08. The summed E-state index contributed by atoms with van der Waals surface area (Å²) in [6, 6.07) is 0. The molecule has 1 heterocycles. The minimum atomic E-state index is -0.962. The SMILES string of the molecule is Cc1c(Cl)cnn1CC=CC(=O)O. The maximum absolute atomic E-state index is 10.1. The fraction of sp³-hybridized carbons (Fsp3) is 0.250. The van der Waals surface area contributed by atoms with E-state index in [1.807, 2.05) is 6.92 Å². The van der Waals surface area contributed by atoms with E-state index >= 15 is 0 Å². The largest absolute Gasteiger partial charge is 0.478 e. The molecule has 5 heteroatoms. The van der Waals surface area contributed by atoms with Crippen LogP contribution in [0.4, 0.5) is 0 Å². The van der Waals surface area contributed by atoms with Crippen molar-refractivity contribution in [1.82, 2.24) is 9.78 Å². The molecule has 1 N–H and O–H groups in total. The van der Waals surface area contributed by atoms with Crippen LogP contribution in [0.1, 0.15) is 5.69 Å². The van der Waals surface area contributed by atoms with Gasteiger partial charge >= 0.3 is 5.97 Å². The van der Waals surface area contributed by atoms with E-state index in [2.05, 4.69) is 5.10 Å². The van der Waals surface area contributed by atoms with Gasteiger partial charge in [0.15, 0.2) is 0 Å². The number of aliphatic carboxylic acids is 1. The van der Waals surface area contributed by atoms with Gasteiger partial charge in [-0.1, -0.05) is 17.7 Å². The highest BCUT2D eigenvalue weighted by molar-refractivity contribution is 6.31. The van der Waals surface area contributed by atoms with Crippen molar-refractivity contribution in [2.45, 2.75) is 13.5 Å². The van der Waals surface area contributed by atoms with E-state index < -0.39 is 5.97 Å². The van der Waals surface area contributed by atoms with Crippen molar-refractivity contribution >= 4 is 17.6 Å². The van der Waals surface area contributed by atoms with Gasteiger partial charge in [0.05, 0.1) is 23.5 Å². The van der Waals surface area contributed by atoms with Crippen LogP contribution in [0.15, 0.2) is 18.3 Å². The van der Waals surface area contributed by atoms with Crippen LogP contribution in [-0.4, -0.2) is 20.9 Å². The Morgan fingerprint density at radius 1 is 1.85 bits per heavy atom. The zero-order chi connectivity index (χ0) is 9.84. The zero-order valence-electron chi connectivity index (χ0n) is 7.07. The average Bonchev–Trinajstić information content (AvgIpc) is 2.35. The highest BCUT2D eigenvalue weighted by atomic mass is 35.5. The number of aromatic nitrogens is 2. The molecule has 0 atom stereocenters. The second-order valence-corrected chi connectivity index (χ2v) is 2.91. The standard InChI is InChI=1S/C8H9ClN2O2/c1-6-7(9)5-10-11(6)4-2-3-8(12)13/h2-3,5H,4H2,1H3,(H,12,13). The van der Waals surface area contributed by atoms with Crippen LogP contribution in [0.25, 0.3) is 0 Å². The Morgan fingerprint density at radius 2 is 2.54 bits per heavy atom. The third-order valence-corrected chi connectivity index (χ3v) is 1.95. The Morgan fingerprint density at radius 3 is 3.00 bits per heavy atom. The molecule has 1 aromatic rings. The molecule has 13 heavy (non-hydrogen) atoms. The Hall–Kier alpha value is -1.29. The van der Waals surface area contributed by atoms with E-state index in [0.717, 1.165) is 11.8 Å². The molecule has 0 unspecified atom stereocenters. The molecule has 0 amide bonds. The van der Waals surface area contributed by atoms with Gasteiger partial charge in [-0.25, -0.2) is 4.79 Å². The molecule has 0 radical (unpaired) electrons. The predicted octanol–water partition coefficient (Wildman–Crippen LogP) is 1.49. The lowest BCUT2D eigenvalue weighted by Gasteiger charge is -1.98. The van der Waals surface area contributed by atoms with Gasteiger partial charge in [-0.15, -0.1) is 0 Å². The molecule has 0 fully saturated rings. The summed E-state index contributed by atoms with van der Waals surface area (Å²) in [5, 5.41) is 12.9. The van der Waals surface area contributed by atoms with Gasteiger partial charge in [0.1, 0.15) is 0 Å². The van der Waals surface area contributed by atoms with Crippen LogP contribution in [0.5, 0.6) is 0 Å². The average molecular weight is 201 g/mol. The Balaban J connectivity index is 2.65. The first-order valence-electron chi connectivity index (χ1n) is 3.68. The molecule has 1 rings (SSSR count). The first-order chi connectivity index (χ1) is 6.11. The molecule has 0 aliphatic carbocycles. The van der Waals surface area contributed by atoms with Gasteiger partial charge in [0, 0.05) is 6.08 Å². The van der Waals surface area contributed by atoms with E-state index in [9.17, 15) is 4.79 Å². The first-order valence-corrected chi connectivity index (χ1v) is 4.06. The second kappa shape index (κ2) is 4.09. The quantitative estimate of drug-likeness (QED) is 0.753. The summed E-state index contributed by atoms with van der Waals surface area (Å²) in [6.07, 6.45) is 4.12. The van der Waals surface area contributed by atoms with Gasteiger partial charge in [0.25, 0.3) is 0 Å². The molecule has 0 aliphatic rings. The number of carboxylic acids is 1. The fourth-order valence-electron chi connectivity index (χ4n) is 0.861. The Labute approximate surface area is 80.4 Å². The lowest BCUT2D eigenvalue weighted by molar-refractivity contribution is -0.131. The number of nitrogens with zero attached hydrogens (tertiary/aromatic N) is 2. The highest BCUT2D eigenvalue weighted by Gasteiger charge is 2.00. The van der Waals surface area contributed by atoms with Crippen LogP contribution >= 0.6 is 11.6 Å². The summed E-state index contributed by atoms with van der Waals surface area (Å²) in [5.74, 6) is -0.962. The van der Waals surface area contributed by atoms with Crippen LogP contribution in [0.3, 0.4) is 0 Å². The molecule has 0 bridgehead atoms. The van der Waals surface area contributed by atoms with E-state index in [-0.39, 0.29) is 0 Å². The molecule has 0 aliphatic heterocycles. The number of carboxylic acid groups (broad SMARTS) is 1. The molecule has 0 aromatic carbocycles. The minimum Gasteiger partial charge on any atom is -0.478 e. The summed E-state index contributed by atoms with van der Waals surface area (Å²) in [5.41, 5.74) is 0.830. The van der Waals surface area contributed by atoms with Crippen molar-refractivity contribution in [2.24, 2.45) is 0 Å². The topological polar surface area (TPSA) is 55.1 Å². The molecule has 1 aromatic heterocycles. The van der Waals surface area contributed by atoms with E-state index in [1.54, 1.807) is 4.68 Å². The fourth-order valence-corrected chi connectivity index (χ4v) is 1.00. The van der Waals surface area contributed by atoms with Crippen LogP contribution < -0.4 is 0 Å². The summed E-state index contributed by atoms with van der Waals surface area (Å²) in [6.45, 7) is 2.24. The molecule has 0 spiro atoms. The van der Waals surface area contributed by atoms with Crippen LogP contribution in [-0.2, 0) is 11.3 Å². The number of carbonyl (C=O) groups is 1. The molecular weight excluding hydrogens is 192 g/mol. The maximum atomic E-state index is 10.1. The van der Waals surface area contributed by atoms with Crippen LogP contribution in [0.2, 0.25) is 5.02 Å². The predicted molar refractivity (Wildman–Crippen MR) is 48.7 cm³/mol. The molecule has 0 saturated carbocycles. The maximum Gasteiger partial charge on any atom is 0.328 e. The summed E-state index contributed by atoms with van der Waals surface area (Å²) in [7, 11) is 0. The molecule has 0 saturated heterocycles. The monoisotopic (exact) mass is 200 g/mol. The summed E-state index contributed by atoms with van der Waals surface area (Å²) in [4.78, 5) is 10.1. The number of rotatable bonds is 3. The van der Waals surface area contributed by atoms with Gasteiger partial charge in [-0.05, 0) is 6.92 Å². The van der Waals surface area contributed by atoms with Crippen molar-refractivity contribution in [3.63, 3.8) is 0 Å². The zero-order valence-corrected chi connectivity index (χ0v) is 7.82. The van der Waals surface area contributed by atoms with Gasteiger partial charge in [-0.2, -0.15) is 5.10 Å². The molecule has 4 nitrogen and oxygen atoms in total. The highest BCUT2D eigenvalue weighted by Crippen LogP contribution is 2.12. The van der Waals surface area contributed by atoms with Crippen molar-refractivity contribution in [1.29, 1.82) is 0 Å². The molecular formula is C8H9ClN2O2. The van der Waals surface area contributed by atoms with Crippen molar-refractivity contribution in [2.75, 3.05) is 0 Å². The van der Waals surface area contributed by atoms with Crippen LogP contribution in [0, 0.1) is 6.92 Å². The van der Waals surface area contributed by atoms with Gasteiger partial charge in [-0.3, -0.25) is 4.68 Å². The molecule has 70 valence electrons. The number of hydrogen-bond donors (Lipinski definition) is 1. The third kappa shape index (κ3) is 2.59. The number of allylic oxidation sites excluding steroid dienone is 1. The Bertz CT molecular complexity index is 344. The smallest absolute Gasteiger partial charge is 0.328 e. The van der Waals surface area contributed by atoms with Gasteiger partial charge in [0.2, 0.25) is 0 Å². The normalized spacial score (nSPS) is 10.9. The van der Waals surface area contributed by atoms with Gasteiger partial charge < -0.3 is 5.11 Å². The van der Waals surface area contributed by atoms with Crippen molar-refractivity contribution in [3.8, 4) is 0 Å². The number of halogens is 1. The van der Waals surface area contributed by atoms with E-state index in [1.165, 1.54) is 12.3 Å². The summed E-state index contributed by atoms with van der Waals surface area (Å²) < 4.78 is 1.63. The van der Waals surface area contributed by atoms with Crippen molar-refractivity contribution < 1.29 is 9.90 Å². The van der Waals surface area contributed by atoms with E-state index in [4.69, 9.17) is 16.7 Å². The summed E-state index contributed by atoms with van der Waals surface area (Å²) >= 11 is 5.75. The van der Waals surface area contributed by atoms with Crippen molar-refractivity contribution in [3.05, 3.63) is 29.1 Å². The first kappa shape index (κ1) is 9.80. The van der Waals surface area contributed by atoms with E-state index in [0.29, 0.717) is 11.6 Å². The lowest BCUT2D eigenvalue weighted by Crippen LogP contribution is -2.00. The second-order valence-electron chi connectivity index (χ2n) is 2.50.